The maximum Gasteiger partial charge on any atom is 0.303 e. The van der Waals surface area contributed by atoms with Crippen molar-refractivity contribution >= 4 is 17.5 Å². The van der Waals surface area contributed by atoms with Crippen LogP contribution in [0.2, 0.25) is 0 Å². The SMILES string of the molecule is CCCC1C[C@H]2[C@@H]3CCC4=CC(=O)C=C[C@]4(C)[C@H]3C(O)C[C@]2(C)[C@@]1(O)C(=O)COC(C)=O. The fraction of sp³-hybridized carbons (Fsp3) is 0.731. The molecule has 0 spiro atoms. The van der Waals surface area contributed by atoms with Crippen molar-refractivity contribution in [1.29, 1.82) is 0 Å². The molecule has 8 atom stereocenters. The second kappa shape index (κ2) is 7.91. The van der Waals surface area contributed by atoms with Crippen molar-refractivity contribution in [2.75, 3.05) is 6.61 Å². The summed E-state index contributed by atoms with van der Waals surface area (Å²) in [5.74, 6) is -1.08. The molecule has 4 aliphatic carbocycles. The third-order valence-electron chi connectivity index (χ3n) is 9.35. The minimum atomic E-state index is -1.63. The Labute approximate surface area is 190 Å². The van der Waals surface area contributed by atoms with Gasteiger partial charge in [0.1, 0.15) is 5.60 Å². The molecule has 0 amide bonds. The molecular weight excluding hydrogens is 408 g/mol. The van der Waals surface area contributed by atoms with Gasteiger partial charge < -0.3 is 14.9 Å². The lowest BCUT2D eigenvalue weighted by Gasteiger charge is -2.59. The fourth-order valence-electron chi connectivity index (χ4n) is 7.99. The number of fused-ring (bicyclic) bond motifs is 5. The van der Waals surface area contributed by atoms with Crippen LogP contribution in [0.5, 0.6) is 0 Å². The third-order valence-corrected chi connectivity index (χ3v) is 9.35. The first-order chi connectivity index (χ1) is 15.0. The highest BCUT2D eigenvalue weighted by atomic mass is 16.5. The van der Waals surface area contributed by atoms with E-state index in [1.165, 1.54) is 6.92 Å². The van der Waals surface area contributed by atoms with Crippen molar-refractivity contribution in [3.8, 4) is 0 Å². The maximum atomic E-state index is 13.3. The van der Waals surface area contributed by atoms with Crippen molar-refractivity contribution in [1.82, 2.24) is 0 Å². The standard InChI is InChI=1S/C26H36O6/c1-5-6-17-12-20-19-8-7-16-11-18(28)9-10-24(16,3)23(19)21(29)13-25(20,4)26(17,31)22(30)14-32-15(2)27/h9-11,17,19-21,23,29,31H,5-8,12-14H2,1-4H3/t17?,19-,20-,21?,23+,24-,25-,26-/m0/s1. The lowest BCUT2D eigenvalue weighted by Crippen LogP contribution is -2.63. The number of Topliss-reactive ketones (excluding diaryl/α,β-unsaturated/α-hetero) is 1. The molecule has 0 aromatic carbocycles. The summed E-state index contributed by atoms with van der Waals surface area (Å²) in [5.41, 5.74) is -1.74. The molecule has 6 heteroatoms. The predicted octanol–water partition coefficient (Wildman–Crippen LogP) is 3.15. The van der Waals surface area contributed by atoms with Crippen molar-refractivity contribution in [2.24, 2.45) is 34.5 Å². The van der Waals surface area contributed by atoms with E-state index in [9.17, 15) is 24.6 Å². The average molecular weight is 445 g/mol. The number of carbonyl (C=O) groups excluding carboxylic acids is 3. The zero-order chi connectivity index (χ0) is 23.5. The van der Waals surface area contributed by atoms with Crippen LogP contribution >= 0.6 is 0 Å². The molecule has 0 bridgehead atoms. The molecule has 3 saturated carbocycles. The summed E-state index contributed by atoms with van der Waals surface area (Å²) < 4.78 is 5.00. The molecule has 4 aliphatic rings. The molecule has 6 nitrogen and oxygen atoms in total. The second-order valence-electron chi connectivity index (χ2n) is 10.9. The highest BCUT2D eigenvalue weighted by Gasteiger charge is 2.71. The van der Waals surface area contributed by atoms with Crippen LogP contribution in [0.1, 0.15) is 66.2 Å². The normalized spacial score (nSPS) is 44.9. The van der Waals surface area contributed by atoms with Gasteiger partial charge in [0, 0.05) is 23.7 Å². The molecule has 0 saturated heterocycles. The number of hydrogen-bond donors (Lipinski definition) is 2. The summed E-state index contributed by atoms with van der Waals surface area (Å²) in [6.45, 7) is 6.92. The fourth-order valence-corrected chi connectivity index (χ4v) is 7.99. The summed E-state index contributed by atoms with van der Waals surface area (Å²) in [7, 11) is 0. The topological polar surface area (TPSA) is 101 Å². The van der Waals surface area contributed by atoms with Gasteiger partial charge in [-0.3, -0.25) is 14.4 Å². The quantitative estimate of drug-likeness (QED) is 0.632. The number of ether oxygens (including phenoxy) is 1. The number of rotatable bonds is 5. The predicted molar refractivity (Wildman–Crippen MR) is 118 cm³/mol. The molecule has 4 rings (SSSR count). The van der Waals surface area contributed by atoms with Crippen molar-refractivity contribution in [3.63, 3.8) is 0 Å². The third kappa shape index (κ3) is 3.17. The molecule has 3 fully saturated rings. The minimum Gasteiger partial charge on any atom is -0.458 e. The van der Waals surface area contributed by atoms with Gasteiger partial charge in [0.05, 0.1) is 6.10 Å². The summed E-state index contributed by atoms with van der Waals surface area (Å²) in [6.07, 6.45) is 8.78. The molecule has 0 aromatic rings. The first-order valence-corrected chi connectivity index (χ1v) is 12.0. The largest absolute Gasteiger partial charge is 0.458 e. The van der Waals surface area contributed by atoms with Gasteiger partial charge in [-0.1, -0.05) is 38.8 Å². The Bertz CT molecular complexity index is 889. The van der Waals surface area contributed by atoms with Crippen LogP contribution in [0.25, 0.3) is 0 Å². The smallest absolute Gasteiger partial charge is 0.303 e. The van der Waals surface area contributed by atoms with Gasteiger partial charge in [-0.15, -0.1) is 0 Å². The van der Waals surface area contributed by atoms with E-state index in [1.54, 1.807) is 12.2 Å². The number of carbonyl (C=O) groups is 3. The Balaban J connectivity index is 1.73. The molecule has 0 radical (unpaired) electrons. The molecule has 0 aliphatic heterocycles. The van der Waals surface area contributed by atoms with Gasteiger partial charge in [0.15, 0.2) is 12.4 Å². The van der Waals surface area contributed by atoms with E-state index in [0.29, 0.717) is 12.8 Å². The average Bonchev–Trinajstić information content (AvgIpc) is 2.94. The zero-order valence-corrected chi connectivity index (χ0v) is 19.6. The Hall–Kier alpha value is -1.79. The second-order valence-corrected chi connectivity index (χ2v) is 10.9. The highest BCUT2D eigenvalue weighted by Crippen LogP contribution is 2.68. The number of aliphatic hydroxyl groups excluding tert-OH is 1. The molecular formula is C26H36O6. The van der Waals surface area contributed by atoms with Gasteiger partial charge in [-0.05, 0) is 62.0 Å². The monoisotopic (exact) mass is 444 g/mol. The van der Waals surface area contributed by atoms with Crippen LogP contribution < -0.4 is 0 Å². The number of hydrogen-bond acceptors (Lipinski definition) is 6. The first kappa shape index (κ1) is 23.4. The van der Waals surface area contributed by atoms with E-state index in [1.807, 2.05) is 19.9 Å². The van der Waals surface area contributed by atoms with E-state index < -0.39 is 35.5 Å². The Morgan fingerprint density at radius 3 is 2.66 bits per heavy atom. The van der Waals surface area contributed by atoms with Crippen LogP contribution in [0.4, 0.5) is 0 Å². The number of esters is 1. The van der Waals surface area contributed by atoms with Crippen LogP contribution in [-0.4, -0.2) is 46.1 Å². The summed E-state index contributed by atoms with van der Waals surface area (Å²) in [5, 5.41) is 23.5. The maximum absolute atomic E-state index is 13.3. The van der Waals surface area contributed by atoms with E-state index in [-0.39, 0.29) is 34.9 Å². The summed E-state index contributed by atoms with van der Waals surface area (Å²) >= 11 is 0. The first-order valence-electron chi connectivity index (χ1n) is 12.0. The van der Waals surface area contributed by atoms with Gasteiger partial charge in [-0.2, -0.15) is 0 Å². The molecule has 0 heterocycles. The number of aliphatic hydroxyl groups is 2. The van der Waals surface area contributed by atoms with Gasteiger partial charge >= 0.3 is 5.97 Å². The lowest BCUT2D eigenvalue weighted by atomic mass is 9.46. The van der Waals surface area contributed by atoms with Crippen LogP contribution in [0.15, 0.2) is 23.8 Å². The van der Waals surface area contributed by atoms with E-state index in [4.69, 9.17) is 4.74 Å². The Morgan fingerprint density at radius 1 is 1.28 bits per heavy atom. The van der Waals surface area contributed by atoms with Crippen LogP contribution in [0, 0.1) is 34.5 Å². The van der Waals surface area contributed by atoms with Gasteiger partial charge in [-0.25, -0.2) is 0 Å². The van der Waals surface area contributed by atoms with E-state index in [2.05, 4.69) is 6.92 Å². The molecule has 32 heavy (non-hydrogen) atoms. The van der Waals surface area contributed by atoms with Gasteiger partial charge in [0.2, 0.25) is 5.78 Å². The van der Waals surface area contributed by atoms with E-state index >= 15 is 0 Å². The zero-order valence-electron chi connectivity index (χ0n) is 19.6. The van der Waals surface area contributed by atoms with E-state index in [0.717, 1.165) is 31.3 Å². The molecule has 0 aromatic heterocycles. The molecule has 2 unspecified atom stereocenters. The molecule has 2 N–H and O–H groups in total. The summed E-state index contributed by atoms with van der Waals surface area (Å²) in [4.78, 5) is 36.7. The highest BCUT2D eigenvalue weighted by molar-refractivity contribution is 6.01. The Kier molecular flexibility index (Phi) is 5.78. The molecule has 176 valence electrons. The van der Waals surface area contributed by atoms with Crippen molar-refractivity contribution in [2.45, 2.75) is 77.9 Å². The summed E-state index contributed by atoms with van der Waals surface area (Å²) in [6, 6.07) is 0. The lowest BCUT2D eigenvalue weighted by molar-refractivity contribution is -0.187. The Morgan fingerprint density at radius 2 is 2.00 bits per heavy atom. The number of ketones is 2. The van der Waals surface area contributed by atoms with Crippen LogP contribution in [0.3, 0.4) is 0 Å². The van der Waals surface area contributed by atoms with Crippen molar-refractivity contribution < 1.29 is 29.3 Å². The number of allylic oxidation sites excluding steroid dienone is 4. The van der Waals surface area contributed by atoms with Crippen LogP contribution in [-0.2, 0) is 19.1 Å². The minimum absolute atomic E-state index is 0.000354. The van der Waals surface area contributed by atoms with Crippen molar-refractivity contribution in [3.05, 3.63) is 23.8 Å². The van der Waals surface area contributed by atoms with Gasteiger partial charge in [0.25, 0.3) is 0 Å².